The fraction of sp³-hybridized carbons (Fsp3) is 0.417. The van der Waals surface area contributed by atoms with Crippen LogP contribution in [0.5, 0.6) is 0 Å². The number of hydrogen-bond donors (Lipinski definition) is 0. The van der Waals surface area contributed by atoms with Crippen LogP contribution in [-0.2, 0) is 19.3 Å². The van der Waals surface area contributed by atoms with Gasteiger partial charge < -0.3 is 9.47 Å². The number of alkyl halides is 3. The van der Waals surface area contributed by atoms with Crippen LogP contribution >= 0.6 is 0 Å². The zero-order chi connectivity index (χ0) is 16.8. The summed E-state index contributed by atoms with van der Waals surface area (Å²) in [6, 6.07) is 1.54. The summed E-state index contributed by atoms with van der Waals surface area (Å²) in [5.41, 5.74) is 0.330. The summed E-state index contributed by atoms with van der Waals surface area (Å²) in [4.78, 5) is 16.0. The predicted octanol–water partition coefficient (Wildman–Crippen LogP) is 1.93. The molecule has 0 radical (unpaired) electrons. The Hall–Kier alpha value is -2.72. The molecule has 0 spiro atoms. The molecule has 1 aliphatic heterocycles. The van der Waals surface area contributed by atoms with Crippen LogP contribution in [0.3, 0.4) is 0 Å². The second-order valence-corrected chi connectivity index (χ2v) is 5.10. The smallest absolute Gasteiger partial charge is 0.347 e. The SMILES string of the molecule is Cc1cc(N2CCn3c(nnc3C(F)(F)F)C2)ncc1[N+](=O)[O-]. The molecule has 2 aromatic heterocycles. The summed E-state index contributed by atoms with van der Waals surface area (Å²) in [5, 5.41) is 17.6. The van der Waals surface area contributed by atoms with Gasteiger partial charge in [-0.15, -0.1) is 10.2 Å². The normalized spacial score (nSPS) is 14.7. The third kappa shape index (κ3) is 2.69. The van der Waals surface area contributed by atoms with E-state index in [4.69, 9.17) is 0 Å². The molecule has 1 aliphatic rings. The van der Waals surface area contributed by atoms with E-state index in [2.05, 4.69) is 15.2 Å². The zero-order valence-corrected chi connectivity index (χ0v) is 11.9. The van der Waals surface area contributed by atoms with Crippen molar-refractivity contribution in [1.82, 2.24) is 19.7 Å². The Balaban J connectivity index is 1.87. The first kappa shape index (κ1) is 15.2. The van der Waals surface area contributed by atoms with Gasteiger partial charge in [-0.25, -0.2) is 4.98 Å². The Kier molecular flexibility index (Phi) is 3.42. The van der Waals surface area contributed by atoms with Gasteiger partial charge in [0, 0.05) is 18.7 Å². The van der Waals surface area contributed by atoms with E-state index in [0.717, 1.165) is 10.8 Å². The molecule has 2 aromatic rings. The molecule has 0 aromatic carbocycles. The lowest BCUT2D eigenvalue weighted by atomic mass is 10.2. The number of fused-ring (bicyclic) bond motifs is 1. The van der Waals surface area contributed by atoms with Crippen molar-refractivity contribution < 1.29 is 18.1 Å². The molecule has 0 amide bonds. The second kappa shape index (κ2) is 5.18. The van der Waals surface area contributed by atoms with Gasteiger partial charge in [0.2, 0.25) is 5.82 Å². The van der Waals surface area contributed by atoms with E-state index < -0.39 is 16.9 Å². The van der Waals surface area contributed by atoms with Crippen molar-refractivity contribution in [2.45, 2.75) is 26.2 Å². The van der Waals surface area contributed by atoms with Crippen LogP contribution in [0.15, 0.2) is 12.3 Å². The molecule has 3 heterocycles. The Morgan fingerprint density at radius 2 is 2.04 bits per heavy atom. The minimum Gasteiger partial charge on any atom is -0.347 e. The first-order valence-electron chi connectivity index (χ1n) is 6.62. The number of anilines is 1. The summed E-state index contributed by atoms with van der Waals surface area (Å²) < 4.78 is 39.4. The third-order valence-corrected chi connectivity index (χ3v) is 3.60. The number of rotatable bonds is 2. The lowest BCUT2D eigenvalue weighted by molar-refractivity contribution is -0.385. The molecule has 0 bridgehead atoms. The monoisotopic (exact) mass is 328 g/mol. The van der Waals surface area contributed by atoms with Crippen molar-refractivity contribution in [1.29, 1.82) is 0 Å². The molecule has 0 unspecified atom stereocenters. The molecule has 122 valence electrons. The van der Waals surface area contributed by atoms with E-state index in [1.54, 1.807) is 11.8 Å². The van der Waals surface area contributed by atoms with Crippen molar-refractivity contribution >= 4 is 11.5 Å². The first-order valence-corrected chi connectivity index (χ1v) is 6.62. The largest absolute Gasteiger partial charge is 0.451 e. The van der Waals surface area contributed by atoms with Crippen molar-refractivity contribution in [2.24, 2.45) is 0 Å². The van der Waals surface area contributed by atoms with E-state index in [0.29, 0.717) is 11.4 Å². The summed E-state index contributed by atoms with van der Waals surface area (Å²) in [7, 11) is 0. The van der Waals surface area contributed by atoms with Gasteiger partial charge in [-0.1, -0.05) is 0 Å². The first-order chi connectivity index (χ1) is 10.8. The van der Waals surface area contributed by atoms with Gasteiger partial charge in [-0.05, 0) is 13.0 Å². The maximum atomic E-state index is 12.8. The fourth-order valence-electron chi connectivity index (χ4n) is 2.46. The van der Waals surface area contributed by atoms with Crippen molar-refractivity contribution in [3.05, 3.63) is 39.6 Å². The standard InChI is InChI=1S/C12H11F3N6O2/c1-7-4-9(16-5-8(7)21(22)23)19-2-3-20-10(6-19)17-18-11(20)12(13,14)15/h4-5H,2-3,6H2,1H3. The Morgan fingerprint density at radius 1 is 1.30 bits per heavy atom. The number of hydrogen-bond acceptors (Lipinski definition) is 6. The number of nitro groups is 1. The minimum atomic E-state index is -4.55. The number of nitrogens with zero attached hydrogens (tertiary/aromatic N) is 6. The number of aryl methyl sites for hydroxylation is 1. The minimum absolute atomic E-state index is 0.0644. The second-order valence-electron chi connectivity index (χ2n) is 5.10. The molecule has 0 saturated carbocycles. The van der Waals surface area contributed by atoms with Crippen LogP contribution in [0.1, 0.15) is 17.2 Å². The third-order valence-electron chi connectivity index (χ3n) is 3.60. The van der Waals surface area contributed by atoms with Crippen LogP contribution in [0.2, 0.25) is 0 Å². The maximum absolute atomic E-state index is 12.8. The lowest BCUT2D eigenvalue weighted by Crippen LogP contribution is -2.35. The van der Waals surface area contributed by atoms with E-state index in [1.807, 2.05) is 0 Å². The average Bonchev–Trinajstić information content (AvgIpc) is 2.89. The average molecular weight is 328 g/mol. The fourth-order valence-corrected chi connectivity index (χ4v) is 2.46. The Morgan fingerprint density at radius 3 is 2.65 bits per heavy atom. The van der Waals surface area contributed by atoms with Crippen LogP contribution in [0.25, 0.3) is 0 Å². The van der Waals surface area contributed by atoms with Gasteiger partial charge in [0.15, 0.2) is 5.82 Å². The predicted molar refractivity (Wildman–Crippen MR) is 71.7 cm³/mol. The molecule has 0 saturated heterocycles. The van der Waals surface area contributed by atoms with Crippen molar-refractivity contribution in [2.75, 3.05) is 11.4 Å². The summed E-state index contributed by atoms with van der Waals surface area (Å²) in [6.45, 7) is 2.03. The van der Waals surface area contributed by atoms with E-state index in [-0.39, 0.29) is 31.1 Å². The highest BCUT2D eigenvalue weighted by Crippen LogP contribution is 2.30. The zero-order valence-electron chi connectivity index (χ0n) is 11.9. The van der Waals surface area contributed by atoms with Gasteiger partial charge in [0.1, 0.15) is 12.0 Å². The molecule has 0 atom stereocenters. The Bertz CT molecular complexity index is 773. The van der Waals surface area contributed by atoms with Crippen molar-refractivity contribution in [3.63, 3.8) is 0 Å². The van der Waals surface area contributed by atoms with Crippen molar-refractivity contribution in [3.8, 4) is 0 Å². The van der Waals surface area contributed by atoms with Gasteiger partial charge in [-0.2, -0.15) is 13.2 Å². The molecule has 11 heteroatoms. The molecule has 0 N–H and O–H groups in total. The summed E-state index contributed by atoms with van der Waals surface area (Å²) in [6.07, 6.45) is -3.40. The molecule has 0 aliphatic carbocycles. The molecular formula is C12H11F3N6O2. The highest BCUT2D eigenvalue weighted by Gasteiger charge is 2.39. The number of halogens is 3. The maximum Gasteiger partial charge on any atom is 0.451 e. The molecule has 8 nitrogen and oxygen atoms in total. The summed E-state index contributed by atoms with van der Waals surface area (Å²) in [5.74, 6) is -0.378. The van der Waals surface area contributed by atoms with E-state index >= 15 is 0 Å². The number of pyridine rings is 1. The Labute approximate surface area is 127 Å². The molecular weight excluding hydrogens is 317 g/mol. The van der Waals surface area contributed by atoms with Crippen LogP contribution in [0.4, 0.5) is 24.7 Å². The van der Waals surface area contributed by atoms with Gasteiger partial charge in [-0.3, -0.25) is 10.1 Å². The molecule has 23 heavy (non-hydrogen) atoms. The molecule has 3 rings (SSSR count). The lowest BCUT2D eigenvalue weighted by Gasteiger charge is -2.29. The van der Waals surface area contributed by atoms with Gasteiger partial charge in [0.05, 0.1) is 11.5 Å². The van der Waals surface area contributed by atoms with Gasteiger partial charge in [0.25, 0.3) is 5.69 Å². The van der Waals surface area contributed by atoms with Crippen LogP contribution in [-0.4, -0.2) is 31.2 Å². The number of aromatic nitrogens is 4. The van der Waals surface area contributed by atoms with E-state index in [9.17, 15) is 23.3 Å². The van der Waals surface area contributed by atoms with Crippen LogP contribution in [0, 0.1) is 17.0 Å². The highest BCUT2D eigenvalue weighted by atomic mass is 19.4. The topological polar surface area (TPSA) is 90.0 Å². The van der Waals surface area contributed by atoms with E-state index in [1.165, 1.54) is 6.07 Å². The van der Waals surface area contributed by atoms with Gasteiger partial charge >= 0.3 is 6.18 Å². The summed E-state index contributed by atoms with van der Waals surface area (Å²) >= 11 is 0. The van der Waals surface area contributed by atoms with Crippen LogP contribution < -0.4 is 4.90 Å². The highest BCUT2D eigenvalue weighted by molar-refractivity contribution is 5.49. The quantitative estimate of drug-likeness (QED) is 0.618. The molecule has 0 fully saturated rings.